The molecule has 9 heteroatoms. The van der Waals surface area contributed by atoms with Gasteiger partial charge in [-0.05, 0) is 26.7 Å². The van der Waals surface area contributed by atoms with E-state index < -0.39 is 52.1 Å². The molecule has 4 fully saturated rings. The number of allylic oxidation sites excluding steroid dienone is 3. The number of cyclic esters (lactones) is 2. The number of rotatable bonds is 0. The molecule has 8 atom stereocenters. The van der Waals surface area contributed by atoms with Crippen molar-refractivity contribution in [1.82, 2.24) is 0 Å². The highest BCUT2D eigenvalue weighted by Crippen LogP contribution is 2.72. The third kappa shape index (κ3) is 3.35. The SMILES string of the molecule is CC1=CC2OC3CC4OC(=O)C=C/C=C/C(=O)OCCC5(C)OC5C(=O)OCC2(CC1)C4(C)C31CO1. The Kier molecular flexibility index (Phi) is 5.31. The summed E-state index contributed by atoms with van der Waals surface area (Å²) >= 11 is 0. The maximum Gasteiger partial charge on any atom is 0.338 e. The van der Waals surface area contributed by atoms with E-state index in [2.05, 4.69) is 19.9 Å². The largest absolute Gasteiger partial charge is 0.463 e. The molecule has 4 aliphatic heterocycles. The summed E-state index contributed by atoms with van der Waals surface area (Å²) in [5.41, 5.74) is -1.36. The van der Waals surface area contributed by atoms with Crippen LogP contribution in [0.3, 0.4) is 0 Å². The lowest BCUT2D eigenvalue weighted by molar-refractivity contribution is -0.233. The van der Waals surface area contributed by atoms with E-state index >= 15 is 0 Å². The van der Waals surface area contributed by atoms with Gasteiger partial charge in [-0.25, -0.2) is 14.4 Å². The van der Waals surface area contributed by atoms with Gasteiger partial charge in [0, 0.05) is 30.4 Å². The summed E-state index contributed by atoms with van der Waals surface area (Å²) < 4.78 is 35.6. The van der Waals surface area contributed by atoms with Gasteiger partial charge in [0.1, 0.15) is 23.9 Å². The van der Waals surface area contributed by atoms with Gasteiger partial charge >= 0.3 is 17.9 Å². The first-order chi connectivity index (χ1) is 17.1. The zero-order chi connectivity index (χ0) is 25.3. The molecule has 9 nitrogen and oxygen atoms in total. The molecule has 8 unspecified atom stereocenters. The van der Waals surface area contributed by atoms with E-state index in [0.29, 0.717) is 25.9 Å². The van der Waals surface area contributed by atoms with Crippen LogP contribution < -0.4 is 0 Å². The van der Waals surface area contributed by atoms with Gasteiger partial charge in [-0.15, -0.1) is 0 Å². The Bertz CT molecular complexity index is 1090. The lowest BCUT2D eigenvalue weighted by atomic mass is 9.51. The van der Waals surface area contributed by atoms with E-state index in [1.807, 2.05) is 6.92 Å². The second kappa shape index (κ2) is 8.00. The molecule has 194 valence electrons. The van der Waals surface area contributed by atoms with Crippen LogP contribution in [-0.4, -0.2) is 73.3 Å². The molecule has 4 heterocycles. The highest BCUT2D eigenvalue weighted by atomic mass is 16.7. The predicted octanol–water partition coefficient (Wildman–Crippen LogP) is 2.33. The van der Waals surface area contributed by atoms with Crippen molar-refractivity contribution >= 4 is 17.9 Å². The molecule has 6 rings (SSSR count). The van der Waals surface area contributed by atoms with E-state index in [9.17, 15) is 14.4 Å². The van der Waals surface area contributed by atoms with Gasteiger partial charge in [0.2, 0.25) is 0 Å². The smallest absolute Gasteiger partial charge is 0.338 e. The molecule has 36 heavy (non-hydrogen) atoms. The fraction of sp³-hybridized carbons (Fsp3) is 0.667. The van der Waals surface area contributed by atoms with Gasteiger partial charge in [-0.3, -0.25) is 0 Å². The van der Waals surface area contributed by atoms with Crippen molar-refractivity contribution < 1.29 is 42.8 Å². The monoisotopic (exact) mass is 500 g/mol. The van der Waals surface area contributed by atoms with Gasteiger partial charge in [0.15, 0.2) is 6.10 Å². The summed E-state index contributed by atoms with van der Waals surface area (Å²) in [7, 11) is 0. The molecule has 0 aromatic carbocycles. The van der Waals surface area contributed by atoms with Crippen LogP contribution in [0.1, 0.15) is 46.5 Å². The highest BCUT2D eigenvalue weighted by Gasteiger charge is 2.83. The average Bonchev–Trinajstić information content (AvgIpc) is 3.74. The third-order valence-electron chi connectivity index (χ3n) is 9.47. The molecular weight excluding hydrogens is 468 g/mol. The first-order valence-corrected chi connectivity index (χ1v) is 12.7. The molecule has 0 aromatic heterocycles. The number of hydrogen-bond donors (Lipinski definition) is 0. The predicted molar refractivity (Wildman–Crippen MR) is 123 cm³/mol. The van der Waals surface area contributed by atoms with Gasteiger partial charge in [0.05, 0.1) is 30.8 Å². The number of hydrogen-bond acceptors (Lipinski definition) is 9. The Labute approximate surface area is 209 Å². The van der Waals surface area contributed by atoms with Crippen LogP contribution in [0, 0.1) is 10.8 Å². The molecule has 0 aromatic rings. The van der Waals surface area contributed by atoms with Gasteiger partial charge in [0.25, 0.3) is 0 Å². The third-order valence-corrected chi connectivity index (χ3v) is 9.47. The maximum absolute atomic E-state index is 13.1. The van der Waals surface area contributed by atoms with Crippen LogP contribution in [0.15, 0.2) is 36.0 Å². The minimum absolute atomic E-state index is 0.0974. The fourth-order valence-electron chi connectivity index (χ4n) is 6.98. The molecule has 0 amide bonds. The van der Waals surface area contributed by atoms with Crippen LogP contribution in [-0.2, 0) is 42.8 Å². The van der Waals surface area contributed by atoms with Gasteiger partial charge < -0.3 is 28.4 Å². The lowest BCUT2D eigenvalue weighted by Gasteiger charge is -2.58. The Morgan fingerprint density at radius 2 is 1.69 bits per heavy atom. The first-order valence-electron chi connectivity index (χ1n) is 12.7. The van der Waals surface area contributed by atoms with Gasteiger partial charge in [-0.1, -0.05) is 30.7 Å². The van der Waals surface area contributed by atoms with Crippen LogP contribution in [0.4, 0.5) is 0 Å². The summed E-state index contributed by atoms with van der Waals surface area (Å²) in [6.07, 6.45) is 8.23. The highest BCUT2D eigenvalue weighted by molar-refractivity contribution is 5.84. The molecule has 2 spiro atoms. The summed E-state index contributed by atoms with van der Waals surface area (Å²) in [5, 5.41) is 0. The minimum atomic E-state index is -0.739. The molecule has 0 radical (unpaired) electrons. The molecular formula is C27H32O9. The molecule has 6 aliphatic rings. The first kappa shape index (κ1) is 23.9. The number of ether oxygens (including phenoxy) is 6. The van der Waals surface area contributed by atoms with Crippen molar-refractivity contribution in [3.05, 3.63) is 36.0 Å². The zero-order valence-corrected chi connectivity index (χ0v) is 20.8. The Morgan fingerprint density at radius 3 is 2.44 bits per heavy atom. The van der Waals surface area contributed by atoms with Gasteiger partial charge in [-0.2, -0.15) is 0 Å². The van der Waals surface area contributed by atoms with E-state index in [1.165, 1.54) is 29.9 Å². The summed E-state index contributed by atoms with van der Waals surface area (Å²) in [6, 6.07) is 0. The summed E-state index contributed by atoms with van der Waals surface area (Å²) in [6.45, 7) is 6.71. The number of carbonyl (C=O) groups is 3. The minimum Gasteiger partial charge on any atom is -0.463 e. The van der Waals surface area contributed by atoms with Crippen LogP contribution in [0.25, 0.3) is 0 Å². The maximum atomic E-state index is 13.1. The van der Waals surface area contributed by atoms with Crippen molar-refractivity contribution in [2.24, 2.45) is 10.8 Å². The fourth-order valence-corrected chi connectivity index (χ4v) is 6.98. The van der Waals surface area contributed by atoms with Crippen molar-refractivity contribution in [2.75, 3.05) is 19.8 Å². The zero-order valence-electron chi connectivity index (χ0n) is 20.8. The van der Waals surface area contributed by atoms with E-state index in [-0.39, 0.29) is 25.4 Å². The van der Waals surface area contributed by atoms with E-state index in [0.717, 1.165) is 6.42 Å². The molecule has 1 saturated carbocycles. The molecule has 2 aliphatic carbocycles. The second-order valence-electron chi connectivity index (χ2n) is 11.3. The lowest BCUT2D eigenvalue weighted by Crippen LogP contribution is -2.66. The van der Waals surface area contributed by atoms with Crippen molar-refractivity contribution in [2.45, 2.75) is 82.1 Å². The van der Waals surface area contributed by atoms with Crippen molar-refractivity contribution in [1.29, 1.82) is 0 Å². The average molecular weight is 501 g/mol. The Balaban J connectivity index is 1.37. The summed E-state index contributed by atoms with van der Waals surface area (Å²) in [4.78, 5) is 37.8. The van der Waals surface area contributed by atoms with Crippen LogP contribution in [0.5, 0.6) is 0 Å². The number of esters is 3. The Morgan fingerprint density at radius 1 is 0.944 bits per heavy atom. The quantitative estimate of drug-likeness (QED) is 0.214. The topological polar surface area (TPSA) is 113 Å². The molecule has 2 bridgehead atoms. The van der Waals surface area contributed by atoms with Crippen LogP contribution in [0.2, 0.25) is 0 Å². The number of fused-ring (bicyclic) bond motifs is 1. The van der Waals surface area contributed by atoms with Crippen LogP contribution >= 0.6 is 0 Å². The van der Waals surface area contributed by atoms with E-state index in [1.54, 1.807) is 0 Å². The molecule has 0 N–H and O–H groups in total. The van der Waals surface area contributed by atoms with Crippen molar-refractivity contribution in [3.8, 4) is 0 Å². The van der Waals surface area contributed by atoms with Crippen molar-refractivity contribution in [3.63, 3.8) is 0 Å². The standard InChI is InChI=1S/C27H32O9/c1-16-8-9-26-14-32-23(30)22-24(2,36-22)10-11-31-20(28)6-4-5-7-21(29)35-17-13-19(34-18(26)12-16)27(15-33-27)25(17,26)3/h4-7,12,17-19,22H,8-11,13-15H2,1-3H3/b6-4+,7-5?. The normalized spacial score (nSPS) is 48.9. The Hall–Kier alpha value is -2.49. The number of carbonyl (C=O) groups excluding carboxylic acids is 3. The molecule has 3 saturated heterocycles. The summed E-state index contributed by atoms with van der Waals surface area (Å²) in [5.74, 6) is -1.51. The number of epoxide rings is 2. The van der Waals surface area contributed by atoms with E-state index in [4.69, 9.17) is 28.4 Å². The second-order valence-corrected chi connectivity index (χ2v) is 11.3.